The fourth-order valence-corrected chi connectivity index (χ4v) is 3.49. The Morgan fingerprint density at radius 3 is 2.52 bits per heavy atom. The molecular weight excluding hydrogens is 380 g/mol. The molecule has 3 aromatic rings. The molecule has 5 nitrogen and oxygen atoms in total. The van der Waals surface area contributed by atoms with Crippen LogP contribution in [0.2, 0.25) is 4.34 Å². The number of hydrogen-bond donors (Lipinski definition) is 2. The smallest absolute Gasteiger partial charge is 0.261 e. The monoisotopic (exact) mass is 398 g/mol. The number of amides is 1. The first-order valence-electron chi connectivity index (χ1n) is 8.28. The third-order valence-corrected chi connectivity index (χ3v) is 5.21. The van der Waals surface area contributed by atoms with Gasteiger partial charge in [-0.05, 0) is 29.3 Å². The van der Waals surface area contributed by atoms with Crippen molar-refractivity contribution in [2.45, 2.75) is 6.54 Å². The summed E-state index contributed by atoms with van der Waals surface area (Å²) >= 11 is 7.12. The van der Waals surface area contributed by atoms with Crippen molar-refractivity contribution < 1.29 is 4.79 Å². The van der Waals surface area contributed by atoms with Crippen molar-refractivity contribution in [3.8, 4) is 11.1 Å². The van der Waals surface area contributed by atoms with Crippen LogP contribution in [0.3, 0.4) is 0 Å². The van der Waals surface area contributed by atoms with Gasteiger partial charge in [-0.1, -0.05) is 35.9 Å². The molecule has 0 saturated carbocycles. The van der Waals surface area contributed by atoms with E-state index in [2.05, 4.69) is 10.3 Å². The molecule has 2 heterocycles. The van der Waals surface area contributed by atoms with E-state index in [1.807, 2.05) is 44.4 Å². The molecule has 1 aromatic carbocycles. The number of nitrogens with one attached hydrogen (secondary N) is 2. The second-order valence-electron chi connectivity index (χ2n) is 6.19. The SMILES string of the molecule is CN(C)C(=N)c1ccc(-c2cncc(CNC(=O)c3ccc(Cl)s3)c2)cc1. The highest BCUT2D eigenvalue weighted by molar-refractivity contribution is 7.17. The maximum Gasteiger partial charge on any atom is 0.261 e. The van der Waals surface area contributed by atoms with Crippen molar-refractivity contribution in [3.63, 3.8) is 0 Å². The number of carbonyl (C=O) groups excluding carboxylic acids is 1. The molecule has 0 radical (unpaired) electrons. The number of hydrogen-bond acceptors (Lipinski definition) is 4. The lowest BCUT2D eigenvalue weighted by atomic mass is 10.0. The number of halogens is 1. The number of pyridine rings is 1. The Morgan fingerprint density at radius 1 is 1.15 bits per heavy atom. The normalized spacial score (nSPS) is 10.5. The number of carbonyl (C=O) groups is 1. The van der Waals surface area contributed by atoms with Crippen LogP contribution in [0.1, 0.15) is 20.8 Å². The molecule has 3 rings (SSSR count). The van der Waals surface area contributed by atoms with Gasteiger partial charge in [0, 0.05) is 44.2 Å². The lowest BCUT2D eigenvalue weighted by Crippen LogP contribution is -2.21. The summed E-state index contributed by atoms with van der Waals surface area (Å²) in [6, 6.07) is 13.2. The summed E-state index contributed by atoms with van der Waals surface area (Å²) in [6.07, 6.45) is 3.53. The molecule has 0 spiro atoms. The minimum atomic E-state index is -0.149. The van der Waals surface area contributed by atoms with Gasteiger partial charge in [-0.15, -0.1) is 11.3 Å². The van der Waals surface area contributed by atoms with E-state index in [1.54, 1.807) is 29.4 Å². The Morgan fingerprint density at radius 2 is 1.89 bits per heavy atom. The number of aromatic nitrogens is 1. The van der Waals surface area contributed by atoms with E-state index in [0.29, 0.717) is 21.6 Å². The van der Waals surface area contributed by atoms with E-state index in [9.17, 15) is 4.79 Å². The zero-order valence-corrected chi connectivity index (χ0v) is 16.6. The molecule has 0 unspecified atom stereocenters. The van der Waals surface area contributed by atoms with Gasteiger partial charge < -0.3 is 10.2 Å². The second kappa shape index (κ2) is 8.33. The van der Waals surface area contributed by atoms with Crippen molar-refractivity contribution in [2.75, 3.05) is 14.1 Å². The lowest BCUT2D eigenvalue weighted by Gasteiger charge is -2.14. The van der Waals surface area contributed by atoms with Crippen molar-refractivity contribution in [2.24, 2.45) is 0 Å². The molecule has 7 heteroatoms. The lowest BCUT2D eigenvalue weighted by molar-refractivity contribution is 0.0955. The van der Waals surface area contributed by atoms with Crippen LogP contribution in [-0.4, -0.2) is 35.7 Å². The number of thiophene rings is 1. The number of amidine groups is 1. The van der Waals surface area contributed by atoms with Crippen molar-refractivity contribution in [3.05, 3.63) is 75.2 Å². The minimum Gasteiger partial charge on any atom is -0.363 e. The first kappa shape index (κ1) is 19.1. The topological polar surface area (TPSA) is 69.1 Å². The van der Waals surface area contributed by atoms with Gasteiger partial charge in [0.15, 0.2) is 0 Å². The molecule has 0 atom stereocenters. The highest BCUT2D eigenvalue weighted by Crippen LogP contribution is 2.22. The van der Waals surface area contributed by atoms with Crippen LogP contribution in [0.4, 0.5) is 0 Å². The van der Waals surface area contributed by atoms with Crippen LogP contribution in [0.5, 0.6) is 0 Å². The van der Waals surface area contributed by atoms with Gasteiger partial charge in [-0.2, -0.15) is 0 Å². The molecule has 27 heavy (non-hydrogen) atoms. The summed E-state index contributed by atoms with van der Waals surface area (Å²) in [5.74, 6) is 0.314. The fraction of sp³-hybridized carbons (Fsp3) is 0.150. The van der Waals surface area contributed by atoms with Gasteiger partial charge >= 0.3 is 0 Å². The van der Waals surface area contributed by atoms with Crippen LogP contribution < -0.4 is 5.32 Å². The molecule has 0 aliphatic rings. The van der Waals surface area contributed by atoms with Crippen LogP contribution in [-0.2, 0) is 6.54 Å². The average molecular weight is 399 g/mol. The van der Waals surface area contributed by atoms with Gasteiger partial charge in [0.2, 0.25) is 0 Å². The second-order valence-corrected chi connectivity index (χ2v) is 7.90. The summed E-state index contributed by atoms with van der Waals surface area (Å²) in [5, 5.41) is 10.9. The van der Waals surface area contributed by atoms with Gasteiger partial charge in [0.05, 0.1) is 9.21 Å². The first-order chi connectivity index (χ1) is 12.9. The summed E-state index contributed by atoms with van der Waals surface area (Å²) in [5.41, 5.74) is 3.74. The third kappa shape index (κ3) is 4.72. The maximum absolute atomic E-state index is 12.1. The Hall–Kier alpha value is -2.70. The Kier molecular flexibility index (Phi) is 5.88. The fourth-order valence-electron chi connectivity index (χ4n) is 2.53. The first-order valence-corrected chi connectivity index (χ1v) is 9.47. The predicted molar refractivity (Wildman–Crippen MR) is 111 cm³/mol. The molecule has 2 aromatic heterocycles. The zero-order valence-electron chi connectivity index (χ0n) is 15.0. The zero-order chi connectivity index (χ0) is 19.4. The van der Waals surface area contributed by atoms with E-state index in [4.69, 9.17) is 17.0 Å². The van der Waals surface area contributed by atoms with E-state index in [-0.39, 0.29) is 5.91 Å². The third-order valence-electron chi connectivity index (χ3n) is 3.98. The van der Waals surface area contributed by atoms with Crippen LogP contribution in [0.25, 0.3) is 11.1 Å². The minimum absolute atomic E-state index is 0.149. The van der Waals surface area contributed by atoms with Gasteiger partial charge in [0.1, 0.15) is 5.84 Å². The largest absolute Gasteiger partial charge is 0.363 e. The number of nitrogens with zero attached hydrogens (tertiary/aromatic N) is 2. The summed E-state index contributed by atoms with van der Waals surface area (Å²) in [7, 11) is 3.70. The van der Waals surface area contributed by atoms with Gasteiger partial charge in [-0.3, -0.25) is 15.2 Å². The molecule has 0 saturated heterocycles. The van der Waals surface area contributed by atoms with E-state index in [1.165, 1.54) is 11.3 Å². The van der Waals surface area contributed by atoms with Crippen LogP contribution in [0, 0.1) is 5.41 Å². The van der Waals surface area contributed by atoms with Gasteiger partial charge in [-0.25, -0.2) is 0 Å². The standard InChI is InChI=1S/C20H19ClN4OS/c1-25(2)19(22)15-5-3-14(4-6-15)16-9-13(10-23-12-16)11-24-20(26)17-7-8-18(21)27-17/h3-10,12,22H,11H2,1-2H3,(H,24,26). The molecule has 0 bridgehead atoms. The number of rotatable bonds is 5. The van der Waals surface area contributed by atoms with Crippen LogP contribution >= 0.6 is 22.9 Å². The van der Waals surface area contributed by atoms with Gasteiger partial charge in [0.25, 0.3) is 5.91 Å². The summed E-state index contributed by atoms with van der Waals surface area (Å²) < 4.78 is 0.592. The molecule has 0 aliphatic heterocycles. The molecule has 0 aliphatic carbocycles. The van der Waals surface area contributed by atoms with E-state index >= 15 is 0 Å². The Balaban J connectivity index is 1.70. The Bertz CT molecular complexity index is 966. The molecule has 138 valence electrons. The average Bonchev–Trinajstić information content (AvgIpc) is 3.12. The maximum atomic E-state index is 12.1. The number of benzene rings is 1. The molecular formula is C20H19ClN4OS. The van der Waals surface area contributed by atoms with E-state index < -0.39 is 0 Å². The Labute approximate surface area is 167 Å². The summed E-state index contributed by atoms with van der Waals surface area (Å²) in [6.45, 7) is 0.387. The highest BCUT2D eigenvalue weighted by Gasteiger charge is 2.09. The predicted octanol–water partition coefficient (Wildman–Crippen LogP) is 4.28. The van der Waals surface area contributed by atoms with Crippen LogP contribution in [0.15, 0.2) is 54.9 Å². The summed E-state index contributed by atoms with van der Waals surface area (Å²) in [4.78, 5) is 18.8. The highest BCUT2D eigenvalue weighted by atomic mass is 35.5. The molecule has 0 fully saturated rings. The molecule has 1 amide bonds. The molecule has 2 N–H and O–H groups in total. The van der Waals surface area contributed by atoms with Crippen molar-refractivity contribution in [1.29, 1.82) is 5.41 Å². The van der Waals surface area contributed by atoms with Crippen molar-refractivity contribution >= 4 is 34.7 Å². The van der Waals surface area contributed by atoms with E-state index in [0.717, 1.165) is 22.3 Å². The van der Waals surface area contributed by atoms with Crippen molar-refractivity contribution in [1.82, 2.24) is 15.2 Å². The quantitative estimate of drug-likeness (QED) is 0.497.